The molecular formula is C19H35N5OS. The maximum Gasteiger partial charge on any atom is 0.191 e. The molecule has 2 N–H and O–H groups in total. The van der Waals surface area contributed by atoms with Crippen LogP contribution in [0.4, 0.5) is 0 Å². The van der Waals surface area contributed by atoms with Crippen LogP contribution in [0.3, 0.4) is 0 Å². The van der Waals surface area contributed by atoms with Crippen LogP contribution >= 0.6 is 11.3 Å². The maximum atomic E-state index is 5.47. The molecule has 1 aliphatic rings. The number of nitrogens with zero attached hydrogens (tertiary/aromatic N) is 3. The van der Waals surface area contributed by atoms with Crippen LogP contribution in [-0.4, -0.2) is 60.8 Å². The van der Waals surface area contributed by atoms with E-state index < -0.39 is 0 Å². The molecule has 0 unspecified atom stereocenters. The van der Waals surface area contributed by atoms with E-state index in [1.807, 2.05) is 0 Å². The molecule has 0 saturated carbocycles. The third kappa shape index (κ3) is 6.21. The Morgan fingerprint density at radius 2 is 1.92 bits per heavy atom. The molecule has 1 aromatic heterocycles. The Labute approximate surface area is 162 Å². The number of guanidine groups is 1. The lowest BCUT2D eigenvalue weighted by Gasteiger charge is -2.41. The predicted molar refractivity (Wildman–Crippen MR) is 110 cm³/mol. The number of aromatic nitrogens is 1. The summed E-state index contributed by atoms with van der Waals surface area (Å²) in [7, 11) is 0. The summed E-state index contributed by atoms with van der Waals surface area (Å²) in [6.45, 7) is 19.1. The van der Waals surface area contributed by atoms with Gasteiger partial charge in [-0.2, -0.15) is 0 Å². The van der Waals surface area contributed by atoms with Crippen molar-refractivity contribution in [1.82, 2.24) is 20.5 Å². The molecule has 0 radical (unpaired) electrons. The molecule has 6 nitrogen and oxygen atoms in total. The molecular weight excluding hydrogens is 346 g/mol. The Hall–Kier alpha value is -1.18. The summed E-state index contributed by atoms with van der Waals surface area (Å²) in [6.07, 6.45) is 0. The van der Waals surface area contributed by atoms with E-state index in [4.69, 9.17) is 14.7 Å². The van der Waals surface area contributed by atoms with Gasteiger partial charge in [0.25, 0.3) is 0 Å². The highest BCUT2D eigenvalue weighted by molar-refractivity contribution is 7.09. The molecule has 2 heterocycles. The number of morpholine rings is 1. The van der Waals surface area contributed by atoms with Crippen molar-refractivity contribution in [3.63, 3.8) is 0 Å². The molecule has 7 heteroatoms. The average Bonchev–Trinajstić information content (AvgIpc) is 3.07. The lowest BCUT2D eigenvalue weighted by atomic mass is 9.93. The Kier molecular flexibility index (Phi) is 7.43. The fourth-order valence-electron chi connectivity index (χ4n) is 2.80. The Morgan fingerprint density at radius 1 is 1.23 bits per heavy atom. The number of hydrogen-bond acceptors (Lipinski definition) is 5. The number of rotatable bonds is 6. The van der Waals surface area contributed by atoms with Crippen LogP contribution in [0, 0.1) is 0 Å². The van der Waals surface area contributed by atoms with E-state index in [1.165, 1.54) is 0 Å². The highest BCUT2D eigenvalue weighted by Crippen LogP contribution is 2.24. The SMILES string of the molecule is CCNC(=NCc1nc(C(C)(C)C)cs1)NCC(C)(C)N1CCOCC1. The first kappa shape index (κ1) is 21.1. The van der Waals surface area contributed by atoms with Crippen molar-refractivity contribution in [3.05, 3.63) is 16.1 Å². The Balaban J connectivity index is 1.94. The summed E-state index contributed by atoms with van der Waals surface area (Å²) in [6, 6.07) is 0. The fraction of sp³-hybridized carbons (Fsp3) is 0.789. The van der Waals surface area contributed by atoms with Crippen molar-refractivity contribution < 1.29 is 4.74 Å². The molecule has 0 aliphatic carbocycles. The van der Waals surface area contributed by atoms with Crippen molar-refractivity contribution in [3.8, 4) is 0 Å². The lowest BCUT2D eigenvalue weighted by Crippen LogP contribution is -2.56. The van der Waals surface area contributed by atoms with E-state index in [9.17, 15) is 0 Å². The summed E-state index contributed by atoms with van der Waals surface area (Å²) >= 11 is 1.69. The first-order valence-corrected chi connectivity index (χ1v) is 10.4. The molecule has 148 valence electrons. The van der Waals surface area contributed by atoms with Gasteiger partial charge in [-0.05, 0) is 20.8 Å². The van der Waals surface area contributed by atoms with Crippen molar-refractivity contribution in [2.45, 2.75) is 59.0 Å². The molecule has 1 aliphatic heterocycles. The fourth-order valence-corrected chi connectivity index (χ4v) is 3.74. The minimum atomic E-state index is 0.0561. The number of thiazole rings is 1. The topological polar surface area (TPSA) is 61.8 Å². The van der Waals surface area contributed by atoms with Crippen molar-refractivity contribution in [2.24, 2.45) is 4.99 Å². The Bertz CT molecular complexity index is 585. The first-order chi connectivity index (χ1) is 12.2. The molecule has 0 spiro atoms. The highest BCUT2D eigenvalue weighted by Gasteiger charge is 2.28. The van der Waals surface area contributed by atoms with Gasteiger partial charge in [-0.15, -0.1) is 11.3 Å². The van der Waals surface area contributed by atoms with Crippen molar-refractivity contribution in [2.75, 3.05) is 39.4 Å². The van der Waals surface area contributed by atoms with Crippen LogP contribution in [0.1, 0.15) is 52.2 Å². The second-order valence-corrected chi connectivity index (χ2v) is 9.28. The van der Waals surface area contributed by atoms with Crippen LogP contribution in [0.25, 0.3) is 0 Å². The molecule has 1 saturated heterocycles. The van der Waals surface area contributed by atoms with Gasteiger partial charge < -0.3 is 15.4 Å². The van der Waals surface area contributed by atoms with Gasteiger partial charge in [0, 0.05) is 42.5 Å². The summed E-state index contributed by atoms with van der Waals surface area (Å²) in [5.74, 6) is 0.848. The van der Waals surface area contributed by atoms with E-state index in [0.29, 0.717) is 6.54 Å². The minimum absolute atomic E-state index is 0.0561. The van der Waals surface area contributed by atoms with Gasteiger partial charge >= 0.3 is 0 Å². The van der Waals surface area contributed by atoms with Gasteiger partial charge in [0.15, 0.2) is 5.96 Å². The van der Waals surface area contributed by atoms with Gasteiger partial charge in [-0.25, -0.2) is 9.98 Å². The Morgan fingerprint density at radius 3 is 2.50 bits per heavy atom. The van der Waals surface area contributed by atoms with E-state index in [0.717, 1.165) is 56.1 Å². The smallest absolute Gasteiger partial charge is 0.191 e. The third-order valence-corrected chi connectivity index (χ3v) is 5.43. The molecule has 0 amide bonds. The molecule has 1 fully saturated rings. The molecule has 2 rings (SSSR count). The lowest BCUT2D eigenvalue weighted by molar-refractivity contribution is -0.00834. The summed E-state index contributed by atoms with van der Waals surface area (Å²) in [5, 5.41) is 10.0. The van der Waals surface area contributed by atoms with Gasteiger partial charge in [-0.1, -0.05) is 20.8 Å². The summed E-state index contributed by atoms with van der Waals surface area (Å²) in [5.41, 5.74) is 1.28. The molecule has 26 heavy (non-hydrogen) atoms. The molecule has 0 bridgehead atoms. The molecule has 0 atom stereocenters. The number of aliphatic imine (C=N–C) groups is 1. The number of nitrogens with one attached hydrogen (secondary N) is 2. The van der Waals surface area contributed by atoms with Crippen LogP contribution in [0.2, 0.25) is 0 Å². The van der Waals surface area contributed by atoms with Crippen molar-refractivity contribution >= 4 is 17.3 Å². The van der Waals surface area contributed by atoms with Crippen LogP contribution in [0.15, 0.2) is 10.4 Å². The first-order valence-electron chi connectivity index (χ1n) is 9.52. The second kappa shape index (κ2) is 9.15. The quantitative estimate of drug-likeness (QED) is 0.586. The molecule has 1 aromatic rings. The predicted octanol–water partition coefficient (Wildman–Crippen LogP) is 2.61. The largest absolute Gasteiger partial charge is 0.379 e. The number of hydrogen-bond donors (Lipinski definition) is 2. The maximum absolute atomic E-state index is 5.47. The van der Waals surface area contributed by atoms with Crippen LogP contribution in [0.5, 0.6) is 0 Å². The van der Waals surface area contributed by atoms with Crippen molar-refractivity contribution in [1.29, 1.82) is 0 Å². The normalized spacial score (nSPS) is 17.4. The number of ether oxygens (including phenoxy) is 1. The zero-order valence-corrected chi connectivity index (χ0v) is 18.0. The second-order valence-electron chi connectivity index (χ2n) is 8.34. The van der Waals surface area contributed by atoms with Crippen LogP contribution in [-0.2, 0) is 16.7 Å². The van der Waals surface area contributed by atoms with Gasteiger partial charge in [-0.3, -0.25) is 4.90 Å². The monoisotopic (exact) mass is 381 g/mol. The van der Waals surface area contributed by atoms with E-state index in [1.54, 1.807) is 11.3 Å². The van der Waals surface area contributed by atoms with E-state index >= 15 is 0 Å². The van der Waals surface area contributed by atoms with E-state index in [2.05, 4.69) is 62.5 Å². The zero-order chi connectivity index (χ0) is 19.2. The standard InChI is InChI=1S/C19H35N5OS/c1-7-20-17(21-12-16-23-15(13-26-16)18(2,3)4)22-14-19(5,6)24-8-10-25-11-9-24/h13H,7-12,14H2,1-6H3,(H2,20,21,22). The summed E-state index contributed by atoms with van der Waals surface area (Å²) in [4.78, 5) is 11.9. The van der Waals surface area contributed by atoms with Gasteiger partial charge in [0.2, 0.25) is 0 Å². The summed E-state index contributed by atoms with van der Waals surface area (Å²) < 4.78 is 5.47. The van der Waals surface area contributed by atoms with Gasteiger partial charge in [0.05, 0.1) is 25.5 Å². The highest BCUT2D eigenvalue weighted by atomic mass is 32.1. The van der Waals surface area contributed by atoms with E-state index in [-0.39, 0.29) is 11.0 Å². The van der Waals surface area contributed by atoms with Crippen LogP contribution < -0.4 is 10.6 Å². The minimum Gasteiger partial charge on any atom is -0.379 e. The molecule has 0 aromatic carbocycles. The third-order valence-electron chi connectivity index (χ3n) is 4.59. The zero-order valence-electron chi connectivity index (χ0n) is 17.2. The van der Waals surface area contributed by atoms with Gasteiger partial charge in [0.1, 0.15) is 5.01 Å². The average molecular weight is 382 g/mol.